The molecule has 0 fully saturated rings. The molecule has 0 heterocycles. The van der Waals surface area contributed by atoms with Gasteiger partial charge in [0.25, 0.3) is 0 Å². The van der Waals surface area contributed by atoms with E-state index >= 15 is 0 Å². The van der Waals surface area contributed by atoms with E-state index in [9.17, 15) is 18.9 Å². The predicted molar refractivity (Wildman–Crippen MR) is 39.9 cm³/mol. The molecule has 0 spiro atoms. The Morgan fingerprint density at radius 1 is 1.33 bits per heavy atom. The molecule has 0 saturated heterocycles. The fourth-order valence-electron chi connectivity index (χ4n) is 0.0544. The fourth-order valence-corrected chi connectivity index (χ4v) is 0.490. The first-order valence-corrected chi connectivity index (χ1v) is 4.90. The molecule has 6 nitrogen and oxygen atoms in total. The summed E-state index contributed by atoms with van der Waals surface area (Å²) in [7, 11) is -6.47. The number of halogens is 1. The van der Waals surface area contributed by atoms with Gasteiger partial charge in [-0.2, -0.15) is 0 Å². The second-order valence-electron chi connectivity index (χ2n) is 0.941. The molecule has 0 bridgehead atoms. The zero-order valence-electron chi connectivity index (χ0n) is 5.88. The van der Waals surface area contributed by atoms with Crippen LogP contribution in [0.15, 0.2) is 0 Å². The van der Waals surface area contributed by atoms with Crippen LogP contribution in [0.2, 0.25) is 0 Å². The molecule has 12 heavy (non-hydrogen) atoms. The van der Waals surface area contributed by atoms with Crippen LogP contribution in [-0.2, 0) is 13.4 Å². The number of alkyl halides is 1. The Hall–Kier alpha value is 0.499. The van der Waals surface area contributed by atoms with E-state index < -0.39 is 16.5 Å². The normalized spacial score (nSPS) is 10.3. The number of hydrogen-bond donors (Lipinski definition) is 1. The van der Waals surface area contributed by atoms with E-state index in [1.54, 1.807) is 0 Å². The summed E-state index contributed by atoms with van der Waals surface area (Å²) in [6.45, 7) is 0.0849. The monoisotopic (exact) mass is 231 g/mol. The standard InChI is InChI=1S/C2H5ClO.Be.O5P2/c3-1-2-4;;1-6(2)5-7(3)4/h4H,1-2H2;;/q;+2;. The van der Waals surface area contributed by atoms with E-state index in [-0.39, 0.29) is 16.7 Å². The maximum absolute atomic E-state index is 9.24. The van der Waals surface area contributed by atoms with Gasteiger partial charge in [0.1, 0.15) is 4.31 Å². The molecule has 0 aromatic heterocycles. The average Bonchev–Trinajstić information content (AvgIpc) is 1.85. The van der Waals surface area contributed by atoms with Crippen LogP contribution in [0.5, 0.6) is 0 Å². The zero-order valence-corrected chi connectivity index (χ0v) is 8.43. The van der Waals surface area contributed by atoms with Crippen LogP contribution in [0.25, 0.3) is 0 Å². The molecule has 1 N–H and O–H groups in total. The molecule has 0 aromatic carbocycles. The van der Waals surface area contributed by atoms with Gasteiger partial charge in [0.15, 0.2) is 0 Å². The second-order valence-corrected chi connectivity index (χ2v) is 2.87. The summed E-state index contributed by atoms with van der Waals surface area (Å²) in [5.74, 6) is 0.347. The van der Waals surface area contributed by atoms with Crippen LogP contribution in [0.4, 0.5) is 0 Å². The largest absolute Gasteiger partial charge is 2.00 e. The average molecular weight is 231 g/mol. The number of aliphatic hydroxyl groups is 1. The topological polar surface area (TPSA) is 110 Å². The Labute approximate surface area is 79.6 Å². The van der Waals surface area contributed by atoms with E-state index in [1.165, 1.54) is 0 Å². The van der Waals surface area contributed by atoms with Gasteiger partial charge in [-0.1, -0.05) is 0 Å². The van der Waals surface area contributed by atoms with Crippen LogP contribution in [0.1, 0.15) is 0 Å². The summed E-state index contributed by atoms with van der Waals surface area (Å²) >= 11 is 4.94. The summed E-state index contributed by atoms with van der Waals surface area (Å²) in [6, 6.07) is 0. The van der Waals surface area contributed by atoms with E-state index in [1.807, 2.05) is 0 Å². The molecule has 0 saturated carbocycles. The minimum Gasteiger partial charge on any atom is -0.563 e. The SMILES string of the molecule is O=[P+]([O-])O[P+](=O)[O-].OCCCl.[Be+2]. The van der Waals surface area contributed by atoms with Crippen molar-refractivity contribution in [2.75, 3.05) is 12.5 Å². The van der Waals surface area contributed by atoms with Crippen LogP contribution in [0.3, 0.4) is 0 Å². The van der Waals surface area contributed by atoms with Crippen molar-refractivity contribution < 1.29 is 28.3 Å². The number of aliphatic hydroxyl groups excluding tert-OH is 1. The zero-order chi connectivity index (χ0) is 9.28. The van der Waals surface area contributed by atoms with Gasteiger partial charge in [0.2, 0.25) is 0 Å². The molecular weight excluding hydrogens is 226 g/mol. The van der Waals surface area contributed by atoms with Crippen LogP contribution in [0, 0.1) is 0 Å². The Kier molecular flexibility index (Phi) is 21.4. The first-order valence-electron chi connectivity index (χ1n) is 2.18. The first-order chi connectivity index (χ1) is 5.04. The van der Waals surface area contributed by atoms with Crippen LogP contribution < -0.4 is 9.79 Å². The van der Waals surface area contributed by atoms with Gasteiger partial charge in [-0.15, -0.1) is 11.6 Å². The number of rotatable bonds is 3. The molecule has 66 valence electrons. The minimum absolute atomic E-state index is 0. The van der Waals surface area contributed by atoms with Crippen molar-refractivity contribution >= 4 is 38.2 Å². The molecule has 0 rings (SSSR count). The van der Waals surface area contributed by atoms with Gasteiger partial charge >= 0.3 is 26.6 Å². The van der Waals surface area contributed by atoms with Gasteiger partial charge in [-0.3, -0.25) is 0 Å². The summed E-state index contributed by atoms with van der Waals surface area (Å²) < 4.78 is 21.6. The molecule has 0 radical (unpaired) electrons. The Bertz CT molecular complexity index is 119. The fraction of sp³-hybridized carbons (Fsp3) is 1.00. The maximum atomic E-state index is 9.24. The predicted octanol–water partition coefficient (Wildman–Crippen LogP) is -1.12. The van der Waals surface area contributed by atoms with Crippen molar-refractivity contribution in [3.8, 4) is 0 Å². The summed E-state index contributed by atoms with van der Waals surface area (Å²) in [5, 5.41) is 7.74. The molecule has 0 aliphatic carbocycles. The molecule has 2 unspecified atom stereocenters. The molecule has 0 amide bonds. The van der Waals surface area contributed by atoms with E-state index in [0.717, 1.165) is 0 Å². The van der Waals surface area contributed by atoms with Crippen molar-refractivity contribution in [3.05, 3.63) is 0 Å². The quantitative estimate of drug-likeness (QED) is 0.374. The van der Waals surface area contributed by atoms with Crippen LogP contribution in [-0.4, -0.2) is 27.7 Å². The molecule has 0 aliphatic heterocycles. The first kappa shape index (κ1) is 18.3. The third-order valence-electron chi connectivity index (χ3n) is 0.218. The van der Waals surface area contributed by atoms with E-state index in [0.29, 0.717) is 5.88 Å². The van der Waals surface area contributed by atoms with Gasteiger partial charge in [0, 0.05) is 5.88 Å². The molecule has 0 aliphatic rings. The van der Waals surface area contributed by atoms with Crippen LogP contribution >= 0.6 is 28.1 Å². The Morgan fingerprint density at radius 3 is 1.58 bits per heavy atom. The van der Waals surface area contributed by atoms with E-state index in [4.69, 9.17) is 16.7 Å². The van der Waals surface area contributed by atoms with Crippen molar-refractivity contribution in [2.45, 2.75) is 0 Å². The minimum atomic E-state index is -3.24. The summed E-state index contributed by atoms with van der Waals surface area (Å²) in [4.78, 5) is 18.5. The smallest absolute Gasteiger partial charge is 0.563 e. The van der Waals surface area contributed by atoms with Crippen molar-refractivity contribution in [2.24, 2.45) is 0 Å². The Morgan fingerprint density at radius 2 is 1.58 bits per heavy atom. The molecular formula is C2H5BeClO6P2+2. The van der Waals surface area contributed by atoms with Crippen molar-refractivity contribution in [3.63, 3.8) is 0 Å². The van der Waals surface area contributed by atoms with Gasteiger partial charge in [-0.25, -0.2) is 0 Å². The third-order valence-corrected chi connectivity index (χ3v) is 1.45. The second kappa shape index (κ2) is 14.0. The van der Waals surface area contributed by atoms with Gasteiger partial charge < -0.3 is 14.9 Å². The van der Waals surface area contributed by atoms with Crippen molar-refractivity contribution in [1.82, 2.24) is 0 Å². The van der Waals surface area contributed by atoms with Crippen molar-refractivity contribution in [1.29, 1.82) is 0 Å². The third kappa shape index (κ3) is 31.3. The summed E-state index contributed by atoms with van der Waals surface area (Å²) in [5.41, 5.74) is 0. The van der Waals surface area contributed by atoms with E-state index in [2.05, 4.69) is 4.31 Å². The summed E-state index contributed by atoms with van der Waals surface area (Å²) in [6.07, 6.45) is 0. The Balaban J connectivity index is -0.000000142. The number of hydrogen-bond acceptors (Lipinski definition) is 6. The van der Waals surface area contributed by atoms with Gasteiger partial charge in [0.05, 0.1) is 6.61 Å². The maximum Gasteiger partial charge on any atom is 2.00 e. The van der Waals surface area contributed by atoms with Gasteiger partial charge in [-0.05, 0) is 9.13 Å². The molecule has 2 atom stereocenters. The molecule has 0 aromatic rings. The molecule has 10 heteroatoms.